The maximum Gasteiger partial charge on any atom is 0.0503 e. The summed E-state index contributed by atoms with van der Waals surface area (Å²) < 4.78 is 2.07. The molecule has 1 aromatic heterocycles. The molecule has 2 nitrogen and oxygen atoms in total. The lowest BCUT2D eigenvalue weighted by Crippen LogP contribution is -2.12. The lowest BCUT2D eigenvalue weighted by molar-refractivity contribution is 0.675. The molecule has 2 rings (SSSR count). The van der Waals surface area contributed by atoms with Crippen molar-refractivity contribution >= 4 is 23.2 Å². The molecule has 2 aromatic rings. The highest BCUT2D eigenvalue weighted by molar-refractivity contribution is 6.35. The van der Waals surface area contributed by atoms with Crippen LogP contribution in [0, 0.1) is 0 Å². The van der Waals surface area contributed by atoms with Crippen molar-refractivity contribution in [1.29, 1.82) is 0 Å². The van der Waals surface area contributed by atoms with Crippen molar-refractivity contribution in [1.82, 2.24) is 4.57 Å². The van der Waals surface area contributed by atoms with E-state index in [2.05, 4.69) is 4.57 Å². The second-order valence-electron chi connectivity index (χ2n) is 4.05. The average molecular weight is 269 g/mol. The molecule has 0 saturated heterocycles. The van der Waals surface area contributed by atoms with Gasteiger partial charge < -0.3 is 10.3 Å². The maximum atomic E-state index is 6.15. The fraction of sp³-hybridized carbons (Fsp3) is 0.231. The van der Waals surface area contributed by atoms with Crippen LogP contribution < -0.4 is 5.73 Å². The Morgan fingerprint density at radius 2 is 1.82 bits per heavy atom. The van der Waals surface area contributed by atoms with Gasteiger partial charge >= 0.3 is 0 Å². The Bertz CT molecular complexity index is 498. The minimum Gasteiger partial charge on any atom is -0.345 e. The maximum absolute atomic E-state index is 6.15. The van der Waals surface area contributed by atoms with Crippen molar-refractivity contribution in [2.45, 2.75) is 19.5 Å². The first kappa shape index (κ1) is 12.5. The molecule has 1 aromatic carbocycles. The molecule has 1 atom stereocenters. The summed E-state index contributed by atoms with van der Waals surface area (Å²) in [6, 6.07) is 9.51. The number of hydrogen-bond donors (Lipinski definition) is 1. The minimum atomic E-state index is -0.00809. The summed E-state index contributed by atoms with van der Waals surface area (Å²) in [5.74, 6) is 0. The van der Waals surface area contributed by atoms with Crippen molar-refractivity contribution in [2.75, 3.05) is 0 Å². The van der Waals surface area contributed by atoms with Crippen LogP contribution in [0.1, 0.15) is 24.2 Å². The highest BCUT2D eigenvalue weighted by Crippen LogP contribution is 2.26. The SMILES string of the molecule is CC(N)c1cccn1Cc1c(Cl)cccc1Cl. The molecule has 0 fully saturated rings. The van der Waals surface area contributed by atoms with Crippen LogP contribution in [0.15, 0.2) is 36.5 Å². The second kappa shape index (κ2) is 5.13. The van der Waals surface area contributed by atoms with Gasteiger partial charge in [0.25, 0.3) is 0 Å². The number of halogens is 2. The summed E-state index contributed by atoms with van der Waals surface area (Å²) in [7, 11) is 0. The number of nitrogens with zero attached hydrogens (tertiary/aromatic N) is 1. The molecular weight excluding hydrogens is 255 g/mol. The summed E-state index contributed by atoms with van der Waals surface area (Å²) in [4.78, 5) is 0. The van der Waals surface area contributed by atoms with Gasteiger partial charge in [0.05, 0.1) is 6.54 Å². The Morgan fingerprint density at radius 3 is 2.41 bits per heavy atom. The molecule has 0 bridgehead atoms. The van der Waals surface area contributed by atoms with Crippen LogP contribution in [-0.2, 0) is 6.54 Å². The van der Waals surface area contributed by atoms with E-state index in [9.17, 15) is 0 Å². The van der Waals surface area contributed by atoms with Gasteiger partial charge in [0, 0.05) is 33.5 Å². The molecule has 17 heavy (non-hydrogen) atoms. The van der Waals surface area contributed by atoms with E-state index in [-0.39, 0.29) is 6.04 Å². The summed E-state index contributed by atoms with van der Waals surface area (Å²) in [6.07, 6.45) is 1.98. The predicted octanol–water partition coefficient (Wildman–Crippen LogP) is 3.86. The van der Waals surface area contributed by atoms with E-state index in [0.29, 0.717) is 16.6 Å². The molecule has 1 heterocycles. The first-order valence-corrected chi connectivity index (χ1v) is 6.18. The third kappa shape index (κ3) is 2.65. The standard InChI is InChI=1S/C13H14Cl2N2/c1-9(16)13-6-3-7-17(13)8-10-11(14)4-2-5-12(10)15/h2-7,9H,8,16H2,1H3. The van der Waals surface area contributed by atoms with Crippen molar-refractivity contribution < 1.29 is 0 Å². The molecule has 0 aliphatic carbocycles. The van der Waals surface area contributed by atoms with E-state index in [4.69, 9.17) is 28.9 Å². The molecule has 90 valence electrons. The van der Waals surface area contributed by atoms with Crippen LogP contribution in [0.3, 0.4) is 0 Å². The summed E-state index contributed by atoms with van der Waals surface area (Å²) in [6.45, 7) is 2.60. The molecule has 0 spiro atoms. The first-order valence-electron chi connectivity index (χ1n) is 5.43. The van der Waals surface area contributed by atoms with E-state index in [1.807, 2.05) is 43.5 Å². The molecule has 0 radical (unpaired) electrons. The van der Waals surface area contributed by atoms with Crippen molar-refractivity contribution in [3.63, 3.8) is 0 Å². The fourth-order valence-electron chi connectivity index (χ4n) is 1.84. The third-order valence-corrected chi connectivity index (χ3v) is 3.43. The van der Waals surface area contributed by atoms with Gasteiger partial charge in [-0.2, -0.15) is 0 Å². The van der Waals surface area contributed by atoms with Crippen LogP contribution in [-0.4, -0.2) is 4.57 Å². The van der Waals surface area contributed by atoms with Gasteiger partial charge in [-0.15, -0.1) is 0 Å². The van der Waals surface area contributed by atoms with E-state index in [0.717, 1.165) is 11.3 Å². The van der Waals surface area contributed by atoms with Crippen LogP contribution in [0.2, 0.25) is 10.0 Å². The Hall–Kier alpha value is -0.960. The van der Waals surface area contributed by atoms with E-state index < -0.39 is 0 Å². The zero-order valence-corrected chi connectivity index (χ0v) is 11.0. The highest BCUT2D eigenvalue weighted by Gasteiger charge is 2.10. The largest absolute Gasteiger partial charge is 0.345 e. The molecular formula is C13H14Cl2N2. The number of hydrogen-bond acceptors (Lipinski definition) is 1. The Balaban J connectivity index is 2.35. The summed E-state index contributed by atoms with van der Waals surface area (Å²) in [5, 5.41) is 1.36. The van der Waals surface area contributed by atoms with Gasteiger partial charge in [-0.3, -0.25) is 0 Å². The lowest BCUT2D eigenvalue weighted by atomic mass is 10.2. The zero-order valence-electron chi connectivity index (χ0n) is 9.53. The fourth-order valence-corrected chi connectivity index (χ4v) is 2.36. The molecule has 0 aliphatic heterocycles. The highest BCUT2D eigenvalue weighted by atomic mass is 35.5. The predicted molar refractivity (Wildman–Crippen MR) is 72.6 cm³/mol. The number of nitrogens with two attached hydrogens (primary N) is 1. The smallest absolute Gasteiger partial charge is 0.0503 e. The van der Waals surface area contributed by atoms with Gasteiger partial charge in [-0.1, -0.05) is 29.3 Å². The van der Waals surface area contributed by atoms with Crippen molar-refractivity contribution in [2.24, 2.45) is 5.73 Å². The number of aromatic nitrogens is 1. The van der Waals surface area contributed by atoms with E-state index >= 15 is 0 Å². The van der Waals surface area contributed by atoms with Gasteiger partial charge in [-0.05, 0) is 31.2 Å². The second-order valence-corrected chi connectivity index (χ2v) is 4.86. The van der Waals surface area contributed by atoms with Gasteiger partial charge in [0.1, 0.15) is 0 Å². The molecule has 2 N–H and O–H groups in total. The molecule has 0 saturated carbocycles. The zero-order chi connectivity index (χ0) is 12.4. The topological polar surface area (TPSA) is 30.9 Å². The molecule has 0 aliphatic rings. The number of benzene rings is 1. The normalized spacial score (nSPS) is 12.7. The van der Waals surface area contributed by atoms with Gasteiger partial charge in [0.2, 0.25) is 0 Å². The Kier molecular flexibility index (Phi) is 3.77. The monoisotopic (exact) mass is 268 g/mol. The Morgan fingerprint density at radius 1 is 1.18 bits per heavy atom. The van der Waals surface area contributed by atoms with Crippen molar-refractivity contribution in [3.8, 4) is 0 Å². The summed E-state index contributed by atoms with van der Waals surface area (Å²) in [5.41, 5.74) is 7.90. The minimum absolute atomic E-state index is 0.00809. The lowest BCUT2D eigenvalue weighted by Gasteiger charge is -2.14. The van der Waals surface area contributed by atoms with Crippen LogP contribution in [0.4, 0.5) is 0 Å². The molecule has 1 unspecified atom stereocenters. The van der Waals surface area contributed by atoms with Crippen LogP contribution in [0.25, 0.3) is 0 Å². The number of rotatable bonds is 3. The van der Waals surface area contributed by atoms with E-state index in [1.165, 1.54) is 0 Å². The van der Waals surface area contributed by atoms with Crippen LogP contribution >= 0.6 is 23.2 Å². The van der Waals surface area contributed by atoms with Crippen molar-refractivity contribution in [3.05, 3.63) is 57.8 Å². The van der Waals surface area contributed by atoms with Gasteiger partial charge in [0.15, 0.2) is 0 Å². The average Bonchev–Trinajstić information content (AvgIpc) is 2.72. The van der Waals surface area contributed by atoms with E-state index in [1.54, 1.807) is 0 Å². The Labute approximate surface area is 111 Å². The summed E-state index contributed by atoms with van der Waals surface area (Å²) >= 11 is 12.3. The first-order chi connectivity index (χ1) is 8.09. The third-order valence-electron chi connectivity index (χ3n) is 2.72. The molecule has 0 amide bonds. The van der Waals surface area contributed by atoms with Crippen LogP contribution in [0.5, 0.6) is 0 Å². The quantitative estimate of drug-likeness (QED) is 0.901. The molecule has 4 heteroatoms. The van der Waals surface area contributed by atoms with Gasteiger partial charge in [-0.25, -0.2) is 0 Å².